The van der Waals surface area contributed by atoms with Crippen molar-refractivity contribution in [3.8, 4) is 0 Å². The average molecular weight is 521 g/mol. The Labute approximate surface area is 215 Å². The lowest BCUT2D eigenvalue weighted by Gasteiger charge is -2.50. The molecule has 2 N–H and O–H groups in total. The summed E-state index contributed by atoms with van der Waals surface area (Å²) in [7, 11) is 0. The molecule has 0 radical (unpaired) electrons. The van der Waals surface area contributed by atoms with Crippen LogP contribution in [0.2, 0.25) is 0 Å². The van der Waals surface area contributed by atoms with E-state index in [9.17, 15) is 23.1 Å². The zero-order valence-electron chi connectivity index (χ0n) is 20.9. The molecular formula is C27H35F3N4O3. The van der Waals surface area contributed by atoms with E-state index in [1.54, 1.807) is 0 Å². The first-order valence-corrected chi connectivity index (χ1v) is 12.9. The number of piperazine rings is 1. The molecule has 1 aromatic carbocycles. The number of aromatic nitrogens is 1. The number of ether oxygens (including phenoxy) is 1. The molecular weight excluding hydrogens is 485 g/mol. The van der Waals surface area contributed by atoms with E-state index in [1.165, 1.54) is 12.1 Å². The molecule has 7 nitrogen and oxygen atoms in total. The summed E-state index contributed by atoms with van der Waals surface area (Å²) in [5.41, 5.74) is -0.164. The van der Waals surface area contributed by atoms with Gasteiger partial charge in [0, 0.05) is 57.9 Å². The average Bonchev–Trinajstić information content (AvgIpc) is 2.90. The molecule has 2 aliphatic heterocycles. The number of pyridine rings is 1. The predicted octanol–water partition coefficient (Wildman–Crippen LogP) is 4.11. The van der Waals surface area contributed by atoms with E-state index < -0.39 is 18.0 Å². The number of halogens is 3. The molecule has 202 valence electrons. The number of nitrogens with zero attached hydrogens (tertiary/aromatic N) is 3. The number of amides is 1. The molecule has 2 fully saturated rings. The second-order valence-electron chi connectivity index (χ2n) is 9.86. The maximum atomic E-state index is 12.9. The SMILES string of the molecule is O=C(CCCC1(N2CCN(CC(O)c3ccccc3)CC2)CCOCC1)Nc1cccc(C(F)(F)F)n1. The number of hydrogen-bond donors (Lipinski definition) is 2. The maximum Gasteiger partial charge on any atom is 0.433 e. The van der Waals surface area contributed by atoms with Crippen LogP contribution in [0.25, 0.3) is 0 Å². The minimum absolute atomic E-state index is 0.0584. The molecule has 0 spiro atoms. The van der Waals surface area contributed by atoms with Crippen molar-refractivity contribution in [2.75, 3.05) is 51.3 Å². The molecule has 3 heterocycles. The highest BCUT2D eigenvalue weighted by Crippen LogP contribution is 2.34. The molecule has 0 saturated carbocycles. The van der Waals surface area contributed by atoms with Crippen LogP contribution in [-0.2, 0) is 15.7 Å². The Morgan fingerprint density at radius 2 is 1.76 bits per heavy atom. The minimum Gasteiger partial charge on any atom is -0.387 e. The zero-order valence-corrected chi connectivity index (χ0v) is 20.9. The van der Waals surface area contributed by atoms with Gasteiger partial charge in [0.25, 0.3) is 0 Å². The molecule has 0 bridgehead atoms. The normalized spacial score (nSPS) is 19.9. The van der Waals surface area contributed by atoms with Gasteiger partial charge in [0.1, 0.15) is 11.5 Å². The van der Waals surface area contributed by atoms with Gasteiger partial charge in [0.2, 0.25) is 5.91 Å². The molecule has 1 aromatic heterocycles. The fourth-order valence-electron chi connectivity index (χ4n) is 5.35. The quantitative estimate of drug-likeness (QED) is 0.518. The highest BCUT2D eigenvalue weighted by atomic mass is 19.4. The largest absolute Gasteiger partial charge is 0.433 e. The Kier molecular flexibility index (Phi) is 9.17. The van der Waals surface area contributed by atoms with E-state index >= 15 is 0 Å². The summed E-state index contributed by atoms with van der Waals surface area (Å²) in [4.78, 5) is 20.8. The summed E-state index contributed by atoms with van der Waals surface area (Å²) < 4.78 is 44.3. The fraction of sp³-hybridized carbons (Fsp3) is 0.556. The summed E-state index contributed by atoms with van der Waals surface area (Å²) >= 11 is 0. The molecule has 4 rings (SSSR count). The lowest BCUT2D eigenvalue weighted by atomic mass is 9.82. The number of alkyl halides is 3. The number of anilines is 1. The highest BCUT2D eigenvalue weighted by molar-refractivity contribution is 5.89. The van der Waals surface area contributed by atoms with E-state index in [0.717, 1.165) is 57.1 Å². The van der Waals surface area contributed by atoms with Crippen molar-refractivity contribution in [1.29, 1.82) is 0 Å². The van der Waals surface area contributed by atoms with Crippen LogP contribution >= 0.6 is 0 Å². The monoisotopic (exact) mass is 520 g/mol. The van der Waals surface area contributed by atoms with Gasteiger partial charge in [-0.05, 0) is 43.4 Å². The van der Waals surface area contributed by atoms with E-state index in [1.807, 2.05) is 30.3 Å². The Hall–Kier alpha value is -2.53. The first-order chi connectivity index (χ1) is 17.7. The van der Waals surface area contributed by atoms with Crippen molar-refractivity contribution < 1.29 is 27.8 Å². The van der Waals surface area contributed by atoms with Crippen molar-refractivity contribution in [2.24, 2.45) is 0 Å². The van der Waals surface area contributed by atoms with Gasteiger partial charge >= 0.3 is 6.18 Å². The van der Waals surface area contributed by atoms with E-state index in [-0.39, 0.29) is 23.7 Å². The van der Waals surface area contributed by atoms with Gasteiger partial charge in [-0.2, -0.15) is 13.2 Å². The Bertz CT molecular complexity index is 1010. The first kappa shape index (κ1) is 27.5. The third-order valence-corrected chi connectivity index (χ3v) is 7.44. The van der Waals surface area contributed by atoms with Crippen LogP contribution in [0.3, 0.4) is 0 Å². The third kappa shape index (κ3) is 7.50. The smallest absolute Gasteiger partial charge is 0.387 e. The molecule has 1 amide bonds. The molecule has 2 aromatic rings. The number of benzene rings is 1. The predicted molar refractivity (Wildman–Crippen MR) is 134 cm³/mol. The van der Waals surface area contributed by atoms with Crippen LogP contribution in [0, 0.1) is 0 Å². The number of aliphatic hydroxyl groups excluding tert-OH is 1. The van der Waals surface area contributed by atoms with Crippen molar-refractivity contribution in [2.45, 2.75) is 49.9 Å². The Morgan fingerprint density at radius 3 is 2.43 bits per heavy atom. The van der Waals surface area contributed by atoms with Gasteiger partial charge in [0.15, 0.2) is 0 Å². The number of β-amino-alcohol motifs (C(OH)–C–C–N with tert-alkyl or cyclic N) is 1. The molecule has 10 heteroatoms. The number of carbonyl (C=O) groups is 1. The Balaban J connectivity index is 1.27. The standard InChI is InChI=1S/C27H35F3N4O3/c28-27(29,30)23-8-4-9-24(31-23)32-25(36)10-5-11-26(12-18-37-19-13-26)34-16-14-33(15-17-34)20-22(35)21-6-2-1-3-7-21/h1-4,6-9,22,35H,5,10-20H2,(H,31,32,36). The molecule has 0 aliphatic carbocycles. The van der Waals surface area contributed by atoms with Crippen molar-refractivity contribution in [1.82, 2.24) is 14.8 Å². The number of carbonyl (C=O) groups excluding carboxylic acids is 1. The summed E-state index contributed by atoms with van der Waals surface area (Å²) in [5.74, 6) is -0.428. The second-order valence-corrected chi connectivity index (χ2v) is 9.86. The summed E-state index contributed by atoms with van der Waals surface area (Å²) in [5, 5.41) is 13.1. The molecule has 2 aliphatic rings. The van der Waals surface area contributed by atoms with Crippen molar-refractivity contribution in [3.63, 3.8) is 0 Å². The molecule has 1 unspecified atom stereocenters. The third-order valence-electron chi connectivity index (χ3n) is 7.44. The summed E-state index contributed by atoms with van der Waals surface area (Å²) in [6.45, 7) is 5.41. The van der Waals surface area contributed by atoms with Crippen LogP contribution in [-0.4, -0.2) is 77.3 Å². The van der Waals surface area contributed by atoms with E-state index in [2.05, 4.69) is 20.1 Å². The zero-order chi connectivity index (χ0) is 26.3. The second kappa shape index (κ2) is 12.3. The van der Waals surface area contributed by atoms with Crippen molar-refractivity contribution in [3.05, 3.63) is 59.8 Å². The van der Waals surface area contributed by atoms with Gasteiger partial charge < -0.3 is 15.2 Å². The van der Waals surface area contributed by atoms with Gasteiger partial charge in [-0.3, -0.25) is 14.6 Å². The van der Waals surface area contributed by atoms with Gasteiger partial charge in [-0.25, -0.2) is 4.98 Å². The van der Waals surface area contributed by atoms with Crippen LogP contribution < -0.4 is 5.32 Å². The lowest BCUT2D eigenvalue weighted by Crippen LogP contribution is -2.59. The van der Waals surface area contributed by atoms with Crippen LogP contribution in [0.1, 0.15) is 49.5 Å². The van der Waals surface area contributed by atoms with E-state index in [0.29, 0.717) is 26.2 Å². The molecule has 2 saturated heterocycles. The van der Waals surface area contributed by atoms with Gasteiger partial charge in [-0.15, -0.1) is 0 Å². The number of rotatable bonds is 9. The lowest BCUT2D eigenvalue weighted by molar-refractivity contribution is -0.141. The van der Waals surface area contributed by atoms with E-state index in [4.69, 9.17) is 4.74 Å². The molecule has 37 heavy (non-hydrogen) atoms. The minimum atomic E-state index is -4.56. The van der Waals surface area contributed by atoms with Crippen LogP contribution in [0.15, 0.2) is 48.5 Å². The van der Waals surface area contributed by atoms with Crippen LogP contribution in [0.5, 0.6) is 0 Å². The number of aliphatic hydroxyl groups is 1. The molecule has 1 atom stereocenters. The van der Waals surface area contributed by atoms with Gasteiger partial charge in [0.05, 0.1) is 6.10 Å². The topological polar surface area (TPSA) is 77.9 Å². The van der Waals surface area contributed by atoms with Crippen molar-refractivity contribution >= 4 is 11.7 Å². The number of hydrogen-bond acceptors (Lipinski definition) is 6. The van der Waals surface area contributed by atoms with Gasteiger partial charge in [-0.1, -0.05) is 36.4 Å². The van der Waals surface area contributed by atoms with Crippen LogP contribution in [0.4, 0.5) is 19.0 Å². The first-order valence-electron chi connectivity index (χ1n) is 12.9. The highest BCUT2D eigenvalue weighted by Gasteiger charge is 2.39. The summed E-state index contributed by atoms with van der Waals surface area (Å²) in [6, 6.07) is 13.2. The fourth-order valence-corrected chi connectivity index (χ4v) is 5.35. The maximum absolute atomic E-state index is 12.9. The summed E-state index contributed by atoms with van der Waals surface area (Å²) in [6.07, 6.45) is -1.66. The Morgan fingerprint density at radius 1 is 1.05 bits per heavy atom. The number of nitrogens with one attached hydrogen (secondary N) is 1.